The molecule has 0 spiro atoms. The maximum absolute atomic E-state index is 5.41. The standard InChI is InChI=1S/C48H32N2/c1-4-17-33(18-5-1)35-31-43(34-19-6-2-7-20-34)49-46(32-35)50-44-29-15-12-25-39(44)47-42(28-16-30-45(47)50)48(36-21-8-3-9-22-36)40-26-13-10-23-37(40)38-24-11-14-27-41(38)48/h1-32H. The number of aromatic nitrogens is 2. The molecule has 234 valence electrons. The minimum atomic E-state index is -0.516. The van der Waals surface area contributed by atoms with Crippen LogP contribution in [0.5, 0.6) is 0 Å². The third-order valence-corrected chi connectivity index (χ3v) is 10.5. The lowest BCUT2D eigenvalue weighted by Crippen LogP contribution is -2.28. The van der Waals surface area contributed by atoms with Crippen molar-refractivity contribution in [2.75, 3.05) is 0 Å². The minimum absolute atomic E-state index is 0.516. The van der Waals surface area contributed by atoms with E-state index in [0.29, 0.717) is 0 Å². The van der Waals surface area contributed by atoms with Crippen molar-refractivity contribution in [3.63, 3.8) is 0 Å². The Labute approximate surface area is 291 Å². The van der Waals surface area contributed by atoms with Crippen LogP contribution in [-0.2, 0) is 5.41 Å². The molecule has 10 rings (SSSR count). The van der Waals surface area contributed by atoms with E-state index in [2.05, 4.69) is 199 Å². The molecule has 0 fully saturated rings. The van der Waals surface area contributed by atoms with E-state index in [1.54, 1.807) is 0 Å². The largest absolute Gasteiger partial charge is 0.294 e. The molecule has 0 aliphatic heterocycles. The molecule has 2 heterocycles. The van der Waals surface area contributed by atoms with E-state index in [1.165, 1.54) is 44.2 Å². The Bertz CT molecular complexity index is 2590. The molecule has 9 aromatic rings. The van der Waals surface area contributed by atoms with Crippen molar-refractivity contribution in [3.05, 3.63) is 216 Å². The number of benzene rings is 7. The first-order valence-electron chi connectivity index (χ1n) is 17.2. The van der Waals surface area contributed by atoms with Gasteiger partial charge in [-0.3, -0.25) is 4.57 Å². The molecule has 0 bridgehead atoms. The second-order valence-corrected chi connectivity index (χ2v) is 13.1. The van der Waals surface area contributed by atoms with Crippen LogP contribution in [0.15, 0.2) is 194 Å². The molecule has 2 nitrogen and oxygen atoms in total. The van der Waals surface area contributed by atoms with Crippen LogP contribution in [-0.4, -0.2) is 9.55 Å². The minimum Gasteiger partial charge on any atom is -0.294 e. The van der Waals surface area contributed by atoms with E-state index in [4.69, 9.17) is 4.98 Å². The topological polar surface area (TPSA) is 17.8 Å². The van der Waals surface area contributed by atoms with Crippen LogP contribution in [0.3, 0.4) is 0 Å². The second-order valence-electron chi connectivity index (χ2n) is 13.1. The average Bonchev–Trinajstić information content (AvgIpc) is 3.70. The number of rotatable bonds is 5. The first-order valence-corrected chi connectivity index (χ1v) is 17.2. The van der Waals surface area contributed by atoms with E-state index < -0.39 is 5.41 Å². The molecular weight excluding hydrogens is 605 g/mol. The quantitative estimate of drug-likeness (QED) is 0.184. The number of pyridine rings is 1. The van der Waals surface area contributed by atoms with Gasteiger partial charge < -0.3 is 0 Å². The van der Waals surface area contributed by atoms with Crippen LogP contribution in [0.2, 0.25) is 0 Å². The lowest BCUT2D eigenvalue weighted by atomic mass is 9.66. The summed E-state index contributed by atoms with van der Waals surface area (Å²) in [4.78, 5) is 5.41. The number of fused-ring (bicyclic) bond motifs is 6. The summed E-state index contributed by atoms with van der Waals surface area (Å²) in [5.41, 5.74) is 13.8. The molecule has 50 heavy (non-hydrogen) atoms. The van der Waals surface area contributed by atoms with Gasteiger partial charge in [0.1, 0.15) is 5.82 Å². The Morgan fingerprint density at radius 2 is 0.940 bits per heavy atom. The van der Waals surface area contributed by atoms with Gasteiger partial charge >= 0.3 is 0 Å². The van der Waals surface area contributed by atoms with Gasteiger partial charge in [0.05, 0.1) is 22.1 Å². The Morgan fingerprint density at radius 1 is 0.400 bits per heavy atom. The molecule has 1 aliphatic carbocycles. The van der Waals surface area contributed by atoms with Gasteiger partial charge in [0, 0.05) is 16.3 Å². The first kappa shape index (κ1) is 28.5. The summed E-state index contributed by atoms with van der Waals surface area (Å²) in [5.74, 6) is 0.898. The second kappa shape index (κ2) is 11.3. The fourth-order valence-corrected chi connectivity index (χ4v) is 8.44. The molecule has 0 N–H and O–H groups in total. The van der Waals surface area contributed by atoms with Gasteiger partial charge in [-0.05, 0) is 68.8 Å². The van der Waals surface area contributed by atoms with Gasteiger partial charge in [0.25, 0.3) is 0 Å². The van der Waals surface area contributed by atoms with Crippen molar-refractivity contribution in [1.82, 2.24) is 9.55 Å². The predicted molar refractivity (Wildman–Crippen MR) is 207 cm³/mol. The molecular formula is C48H32N2. The predicted octanol–water partition coefficient (Wildman–Crippen LogP) is 11.9. The Morgan fingerprint density at radius 3 is 1.64 bits per heavy atom. The molecule has 0 unspecified atom stereocenters. The summed E-state index contributed by atoms with van der Waals surface area (Å²) in [6.07, 6.45) is 0. The van der Waals surface area contributed by atoms with E-state index >= 15 is 0 Å². The van der Waals surface area contributed by atoms with E-state index in [9.17, 15) is 0 Å². The smallest absolute Gasteiger partial charge is 0.138 e. The highest BCUT2D eigenvalue weighted by Gasteiger charge is 2.47. The molecule has 1 aliphatic rings. The van der Waals surface area contributed by atoms with Gasteiger partial charge in [0.2, 0.25) is 0 Å². The van der Waals surface area contributed by atoms with Crippen LogP contribution < -0.4 is 0 Å². The van der Waals surface area contributed by atoms with Crippen LogP contribution in [0.25, 0.3) is 61.1 Å². The summed E-state index contributed by atoms with van der Waals surface area (Å²) < 4.78 is 2.37. The zero-order valence-corrected chi connectivity index (χ0v) is 27.4. The van der Waals surface area contributed by atoms with Crippen molar-refractivity contribution < 1.29 is 0 Å². The Balaban J connectivity index is 1.34. The maximum Gasteiger partial charge on any atom is 0.138 e. The van der Waals surface area contributed by atoms with Gasteiger partial charge in [-0.2, -0.15) is 0 Å². The summed E-state index contributed by atoms with van der Waals surface area (Å²) in [6, 6.07) is 70.3. The Hall–Kier alpha value is -6.51. The highest BCUT2D eigenvalue weighted by atomic mass is 15.1. The molecule has 2 heteroatoms. The molecule has 2 aromatic heterocycles. The molecule has 0 atom stereocenters. The van der Waals surface area contributed by atoms with Crippen LogP contribution in [0, 0.1) is 0 Å². The monoisotopic (exact) mass is 636 g/mol. The first-order chi connectivity index (χ1) is 24.8. The average molecular weight is 637 g/mol. The molecule has 0 saturated carbocycles. The number of para-hydroxylation sites is 1. The highest BCUT2D eigenvalue weighted by Crippen LogP contribution is 2.58. The fraction of sp³-hybridized carbons (Fsp3) is 0.0208. The SMILES string of the molecule is c1ccc(-c2cc(-c3ccccc3)nc(-n3c4ccccc4c4c(C5(c6ccccc6)c6ccccc6-c6ccccc65)cccc43)c2)cc1. The summed E-state index contributed by atoms with van der Waals surface area (Å²) in [6.45, 7) is 0. The van der Waals surface area contributed by atoms with Gasteiger partial charge in [-0.15, -0.1) is 0 Å². The van der Waals surface area contributed by atoms with Crippen molar-refractivity contribution in [3.8, 4) is 39.3 Å². The molecule has 7 aromatic carbocycles. The van der Waals surface area contributed by atoms with Gasteiger partial charge in [0.15, 0.2) is 0 Å². The van der Waals surface area contributed by atoms with E-state index in [-0.39, 0.29) is 0 Å². The molecule has 0 saturated heterocycles. The lowest BCUT2D eigenvalue weighted by Gasteiger charge is -2.34. The molecule has 0 amide bonds. The number of nitrogens with zero attached hydrogens (tertiary/aromatic N) is 2. The van der Waals surface area contributed by atoms with E-state index in [1.807, 2.05) is 0 Å². The third kappa shape index (κ3) is 4.12. The van der Waals surface area contributed by atoms with Crippen molar-refractivity contribution >= 4 is 21.8 Å². The summed E-state index contributed by atoms with van der Waals surface area (Å²) >= 11 is 0. The van der Waals surface area contributed by atoms with Crippen molar-refractivity contribution in [1.29, 1.82) is 0 Å². The van der Waals surface area contributed by atoms with E-state index in [0.717, 1.165) is 39.2 Å². The number of hydrogen-bond donors (Lipinski definition) is 0. The van der Waals surface area contributed by atoms with Gasteiger partial charge in [-0.1, -0.05) is 170 Å². The summed E-state index contributed by atoms with van der Waals surface area (Å²) in [5, 5.41) is 2.45. The zero-order chi connectivity index (χ0) is 33.1. The zero-order valence-electron chi connectivity index (χ0n) is 27.4. The normalized spacial score (nSPS) is 13.0. The molecule has 0 radical (unpaired) electrons. The van der Waals surface area contributed by atoms with Crippen molar-refractivity contribution in [2.45, 2.75) is 5.41 Å². The van der Waals surface area contributed by atoms with Gasteiger partial charge in [-0.25, -0.2) is 4.98 Å². The highest BCUT2D eigenvalue weighted by molar-refractivity contribution is 6.12. The Kier molecular flexibility index (Phi) is 6.43. The lowest BCUT2D eigenvalue weighted by molar-refractivity contribution is 0.777. The maximum atomic E-state index is 5.41. The van der Waals surface area contributed by atoms with Crippen LogP contribution >= 0.6 is 0 Å². The van der Waals surface area contributed by atoms with Crippen LogP contribution in [0.1, 0.15) is 22.3 Å². The van der Waals surface area contributed by atoms with Crippen LogP contribution in [0.4, 0.5) is 0 Å². The third-order valence-electron chi connectivity index (χ3n) is 10.5. The summed E-state index contributed by atoms with van der Waals surface area (Å²) in [7, 11) is 0. The fourth-order valence-electron chi connectivity index (χ4n) is 8.44. The van der Waals surface area contributed by atoms with Crippen molar-refractivity contribution in [2.24, 2.45) is 0 Å². The number of hydrogen-bond acceptors (Lipinski definition) is 1.